The molecule has 0 bridgehead atoms. The van der Waals surface area contributed by atoms with Crippen molar-refractivity contribution in [1.29, 1.82) is 0 Å². The van der Waals surface area contributed by atoms with Gasteiger partial charge in [0.15, 0.2) is 11.7 Å². The van der Waals surface area contributed by atoms with Gasteiger partial charge in [-0.1, -0.05) is 0 Å². The van der Waals surface area contributed by atoms with E-state index in [1.165, 1.54) is 21.3 Å². The molecule has 2 aliphatic rings. The molecule has 0 aliphatic carbocycles. The van der Waals surface area contributed by atoms with Gasteiger partial charge in [0.05, 0.1) is 6.10 Å². The predicted octanol–water partition coefficient (Wildman–Crippen LogP) is 3.04. The van der Waals surface area contributed by atoms with E-state index in [1.54, 1.807) is 0 Å². The third kappa shape index (κ3) is 3.61. The molecule has 0 amide bonds. The molecule has 2 rings (SSSR count). The van der Waals surface area contributed by atoms with E-state index in [9.17, 15) is 9.13 Å². The average Bonchev–Trinajstić information content (AvgIpc) is 2.86. The molecule has 0 saturated carbocycles. The minimum Gasteiger partial charge on any atom is -0.353 e. The zero-order chi connectivity index (χ0) is 15.5. The van der Waals surface area contributed by atoms with Crippen molar-refractivity contribution in [2.75, 3.05) is 34.1 Å². The highest BCUT2D eigenvalue weighted by atomic mass is 31.2. The van der Waals surface area contributed by atoms with Gasteiger partial charge in [0.25, 0.3) is 0 Å². The van der Waals surface area contributed by atoms with Gasteiger partial charge in [-0.25, -0.2) is 0 Å². The van der Waals surface area contributed by atoms with Gasteiger partial charge in [-0.2, -0.15) is 0 Å². The Kier molecular flexibility index (Phi) is 6.06. The van der Waals surface area contributed by atoms with Gasteiger partial charge in [-0.05, 0) is 25.7 Å². The summed E-state index contributed by atoms with van der Waals surface area (Å²) in [5.41, 5.74) is 0. The maximum Gasteiger partial charge on any atom is 0.345 e. The second-order valence-electron chi connectivity index (χ2n) is 5.21. The summed E-state index contributed by atoms with van der Waals surface area (Å²) in [5, 5.41) is -0.893. The van der Waals surface area contributed by atoms with Gasteiger partial charge in [-0.15, -0.1) is 0 Å². The molecule has 0 aromatic carbocycles. The Bertz CT molecular complexity index is 427. The largest absolute Gasteiger partial charge is 0.353 e. The van der Waals surface area contributed by atoms with Gasteiger partial charge >= 0.3 is 7.60 Å². The lowest BCUT2D eigenvalue weighted by Crippen LogP contribution is -2.32. The van der Waals surface area contributed by atoms with Crippen molar-refractivity contribution in [2.45, 2.75) is 43.5 Å². The zero-order valence-corrected chi connectivity index (χ0v) is 14.5. The zero-order valence-electron chi connectivity index (χ0n) is 12.7. The normalized spacial score (nSPS) is 37.8. The van der Waals surface area contributed by atoms with Crippen LogP contribution in [0.5, 0.6) is 0 Å². The average molecular weight is 342 g/mol. The van der Waals surface area contributed by atoms with Crippen LogP contribution in [0.1, 0.15) is 25.7 Å². The Balaban J connectivity index is 2.19. The fourth-order valence-corrected chi connectivity index (χ4v) is 9.03. The maximum atomic E-state index is 12.9. The Hall–Kier alpha value is 0.260. The molecule has 2 saturated heterocycles. The van der Waals surface area contributed by atoms with Crippen molar-refractivity contribution < 1.29 is 32.2 Å². The third-order valence-corrected chi connectivity index (χ3v) is 10.6. The summed E-state index contributed by atoms with van der Waals surface area (Å²) in [7, 11) is -2.75. The summed E-state index contributed by atoms with van der Waals surface area (Å²) in [5.74, 6) is 0. The van der Waals surface area contributed by atoms with Crippen molar-refractivity contribution >= 4 is 15.0 Å². The van der Waals surface area contributed by atoms with E-state index >= 15 is 0 Å². The standard InChI is InChI=1S/C12H24O7P2/c1-15-20(13)9-7-10(12(20)21(14,16-2)17-3)19-11-6-4-5-8-18-11/h10-12H,4-9H2,1-3H3. The van der Waals surface area contributed by atoms with E-state index in [0.717, 1.165) is 19.3 Å². The number of hydrogen-bond acceptors (Lipinski definition) is 7. The maximum absolute atomic E-state index is 12.9. The van der Waals surface area contributed by atoms with Crippen LogP contribution in [-0.4, -0.2) is 51.9 Å². The number of rotatable bonds is 6. The van der Waals surface area contributed by atoms with Crippen LogP contribution < -0.4 is 0 Å². The molecular formula is C12H24O7P2. The number of hydrogen-bond donors (Lipinski definition) is 0. The molecule has 4 unspecified atom stereocenters. The molecule has 9 heteroatoms. The third-order valence-electron chi connectivity index (χ3n) is 4.07. The molecular weight excluding hydrogens is 318 g/mol. The van der Waals surface area contributed by atoms with E-state index in [1.807, 2.05) is 0 Å². The van der Waals surface area contributed by atoms with E-state index in [0.29, 0.717) is 19.2 Å². The highest BCUT2D eigenvalue weighted by Crippen LogP contribution is 2.74. The Morgan fingerprint density at radius 3 is 2.38 bits per heavy atom. The molecule has 0 aromatic rings. The first-order valence-electron chi connectivity index (χ1n) is 7.12. The first-order valence-corrected chi connectivity index (χ1v) is 10.6. The quantitative estimate of drug-likeness (QED) is 0.686. The lowest BCUT2D eigenvalue weighted by Gasteiger charge is -2.32. The summed E-state index contributed by atoms with van der Waals surface area (Å²) < 4.78 is 52.3. The van der Waals surface area contributed by atoms with Crippen molar-refractivity contribution in [3.05, 3.63) is 0 Å². The number of ether oxygens (including phenoxy) is 2. The summed E-state index contributed by atoms with van der Waals surface area (Å²) in [6, 6.07) is 0. The lowest BCUT2D eigenvalue weighted by atomic mass is 10.2. The van der Waals surface area contributed by atoms with Gasteiger partial charge < -0.3 is 23.0 Å². The topological polar surface area (TPSA) is 80.3 Å². The summed E-state index contributed by atoms with van der Waals surface area (Å²) in [6.07, 6.45) is 2.76. The second-order valence-corrected chi connectivity index (χ2v) is 10.8. The summed E-state index contributed by atoms with van der Waals surface area (Å²) in [6.45, 7) is 0.649. The van der Waals surface area contributed by atoms with E-state index in [2.05, 4.69) is 0 Å². The summed E-state index contributed by atoms with van der Waals surface area (Å²) in [4.78, 5) is 0. The minimum absolute atomic E-state index is 0.308. The van der Waals surface area contributed by atoms with Crippen LogP contribution in [0.4, 0.5) is 0 Å². The fraction of sp³-hybridized carbons (Fsp3) is 1.00. The SMILES string of the molecule is COP1(=O)CCC(OC2CCCCO2)C1P(=O)(OC)OC. The van der Waals surface area contributed by atoms with Crippen LogP contribution in [0.3, 0.4) is 0 Å². The first-order chi connectivity index (χ1) is 9.99. The molecule has 0 aromatic heterocycles. The predicted molar refractivity (Wildman–Crippen MR) is 78.0 cm³/mol. The van der Waals surface area contributed by atoms with E-state index < -0.39 is 26.5 Å². The van der Waals surface area contributed by atoms with Crippen LogP contribution in [0, 0.1) is 0 Å². The van der Waals surface area contributed by atoms with Crippen molar-refractivity contribution in [3.63, 3.8) is 0 Å². The Labute approximate surface area is 125 Å². The fourth-order valence-electron chi connectivity index (χ4n) is 2.90. The van der Waals surface area contributed by atoms with Crippen molar-refractivity contribution in [3.8, 4) is 0 Å². The molecule has 2 heterocycles. The molecule has 4 atom stereocenters. The molecule has 0 radical (unpaired) electrons. The van der Waals surface area contributed by atoms with Crippen molar-refractivity contribution in [1.82, 2.24) is 0 Å². The van der Waals surface area contributed by atoms with Crippen LogP contribution in [0.2, 0.25) is 0 Å². The molecule has 21 heavy (non-hydrogen) atoms. The molecule has 0 spiro atoms. The molecule has 2 aliphatic heterocycles. The second kappa shape index (κ2) is 7.22. The first kappa shape index (κ1) is 17.6. The van der Waals surface area contributed by atoms with Gasteiger partial charge in [0.2, 0.25) is 7.37 Å². The van der Waals surface area contributed by atoms with Gasteiger partial charge in [0, 0.05) is 34.1 Å². The molecule has 2 fully saturated rings. The summed E-state index contributed by atoms with van der Waals surface area (Å²) >= 11 is 0. The van der Waals surface area contributed by atoms with Crippen LogP contribution in [0.15, 0.2) is 0 Å². The van der Waals surface area contributed by atoms with E-state index in [4.69, 9.17) is 23.0 Å². The molecule has 7 nitrogen and oxygen atoms in total. The van der Waals surface area contributed by atoms with E-state index in [-0.39, 0.29) is 6.29 Å². The Morgan fingerprint density at radius 1 is 1.14 bits per heavy atom. The van der Waals surface area contributed by atoms with Gasteiger partial charge in [0.1, 0.15) is 0 Å². The monoisotopic (exact) mass is 342 g/mol. The van der Waals surface area contributed by atoms with Gasteiger partial charge in [-0.3, -0.25) is 9.13 Å². The lowest BCUT2D eigenvalue weighted by molar-refractivity contribution is -0.184. The molecule has 124 valence electrons. The highest BCUT2D eigenvalue weighted by molar-refractivity contribution is 7.75. The van der Waals surface area contributed by atoms with Crippen molar-refractivity contribution in [2.24, 2.45) is 0 Å². The van der Waals surface area contributed by atoms with Crippen LogP contribution in [0.25, 0.3) is 0 Å². The van der Waals surface area contributed by atoms with Crippen LogP contribution >= 0.6 is 15.0 Å². The smallest absolute Gasteiger partial charge is 0.345 e. The highest BCUT2D eigenvalue weighted by Gasteiger charge is 2.58. The van der Waals surface area contributed by atoms with Crippen LogP contribution in [-0.2, 0) is 32.2 Å². The Morgan fingerprint density at radius 2 is 1.86 bits per heavy atom. The minimum atomic E-state index is -3.56. The molecule has 0 N–H and O–H groups in total.